The molecule has 4 aromatic carbocycles. The van der Waals surface area contributed by atoms with Crippen LogP contribution in [0.5, 0.6) is 11.5 Å². The second-order valence-corrected chi connectivity index (χ2v) is 11.2. The number of carbonyl (C=O) groups excluding carboxylic acids is 3. The number of benzene rings is 4. The number of nitrogens with zero attached hydrogens (tertiary/aromatic N) is 1. The summed E-state index contributed by atoms with van der Waals surface area (Å²) in [4.78, 5) is 46.0. The highest BCUT2D eigenvalue weighted by molar-refractivity contribution is 6.16. The third-order valence-corrected chi connectivity index (χ3v) is 9.11. The van der Waals surface area contributed by atoms with Crippen molar-refractivity contribution < 1.29 is 23.9 Å². The Hall–Kier alpha value is -5.17. The molecule has 7 heteroatoms. The molecule has 42 heavy (non-hydrogen) atoms. The minimum atomic E-state index is -1.36. The maximum absolute atomic E-state index is 14.8. The van der Waals surface area contributed by atoms with E-state index in [1.165, 1.54) is 0 Å². The Morgan fingerprint density at radius 2 is 1.60 bits per heavy atom. The fourth-order valence-corrected chi connectivity index (χ4v) is 7.29. The van der Waals surface area contributed by atoms with Gasteiger partial charge in [-0.05, 0) is 54.0 Å². The van der Waals surface area contributed by atoms with Gasteiger partial charge in [0.1, 0.15) is 11.5 Å². The van der Waals surface area contributed by atoms with Gasteiger partial charge in [-0.15, -0.1) is 0 Å². The molecular formula is C35H26N2O5. The summed E-state index contributed by atoms with van der Waals surface area (Å²) < 4.78 is 11.1. The van der Waals surface area contributed by atoms with Crippen LogP contribution in [0.15, 0.2) is 97.2 Å². The van der Waals surface area contributed by atoms with E-state index >= 15 is 0 Å². The van der Waals surface area contributed by atoms with Crippen molar-refractivity contribution in [3.63, 3.8) is 0 Å². The van der Waals surface area contributed by atoms with Crippen LogP contribution in [0.2, 0.25) is 0 Å². The number of Topliss-reactive ketones (excluding diaryl/α,β-unsaturated/α-hetero) is 2. The smallest absolute Gasteiger partial charge is 0.238 e. The molecule has 1 amide bonds. The highest BCUT2D eigenvalue weighted by atomic mass is 16.7. The summed E-state index contributed by atoms with van der Waals surface area (Å²) in [7, 11) is 0. The number of fused-ring (bicyclic) bond motifs is 7. The summed E-state index contributed by atoms with van der Waals surface area (Å²) >= 11 is 0. The van der Waals surface area contributed by atoms with E-state index in [9.17, 15) is 14.4 Å². The number of hydrogen-bond donors (Lipinski definition) is 1. The number of rotatable bonds is 4. The lowest BCUT2D eigenvalue weighted by atomic mass is 9.62. The molecule has 0 aliphatic carbocycles. The summed E-state index contributed by atoms with van der Waals surface area (Å²) in [5, 5.41) is 3.08. The average molecular weight is 555 g/mol. The second kappa shape index (κ2) is 8.91. The lowest BCUT2D eigenvalue weighted by Crippen LogP contribution is -2.49. The molecule has 0 aromatic heterocycles. The predicted octanol–water partition coefficient (Wildman–Crippen LogP) is 5.71. The first-order valence-corrected chi connectivity index (χ1v) is 14.0. The summed E-state index contributed by atoms with van der Waals surface area (Å²) in [5.74, 6) is -0.772. The van der Waals surface area contributed by atoms with Crippen LogP contribution in [0, 0.1) is 12.8 Å². The molecule has 0 bridgehead atoms. The van der Waals surface area contributed by atoms with Crippen LogP contribution < -0.4 is 14.8 Å². The van der Waals surface area contributed by atoms with Crippen molar-refractivity contribution in [2.45, 2.75) is 24.4 Å². The van der Waals surface area contributed by atoms with Crippen LogP contribution in [-0.2, 0) is 10.2 Å². The fraction of sp³-hybridized carbons (Fsp3) is 0.171. The lowest BCUT2D eigenvalue weighted by molar-refractivity contribution is -0.122. The molecular weight excluding hydrogens is 528 g/mol. The van der Waals surface area contributed by atoms with Crippen molar-refractivity contribution in [1.29, 1.82) is 0 Å². The van der Waals surface area contributed by atoms with Gasteiger partial charge in [-0.1, -0.05) is 72.3 Å². The summed E-state index contributed by atoms with van der Waals surface area (Å²) in [6.07, 6.45) is 3.83. The van der Waals surface area contributed by atoms with Gasteiger partial charge in [0.15, 0.2) is 23.1 Å². The molecule has 4 aliphatic heterocycles. The molecule has 1 saturated heterocycles. The minimum absolute atomic E-state index is 0.0821. The Labute approximate surface area is 242 Å². The van der Waals surface area contributed by atoms with Crippen molar-refractivity contribution in [2.75, 3.05) is 12.1 Å². The summed E-state index contributed by atoms with van der Waals surface area (Å²) in [6, 6.07) is 26.3. The van der Waals surface area contributed by atoms with Crippen LogP contribution in [0.25, 0.3) is 6.08 Å². The van der Waals surface area contributed by atoms with E-state index in [4.69, 9.17) is 9.47 Å². The Bertz CT molecular complexity index is 1840. The van der Waals surface area contributed by atoms with Crippen molar-refractivity contribution in [1.82, 2.24) is 4.90 Å². The number of anilines is 1. The van der Waals surface area contributed by atoms with Crippen molar-refractivity contribution in [2.24, 2.45) is 5.92 Å². The van der Waals surface area contributed by atoms with Crippen LogP contribution >= 0.6 is 0 Å². The van der Waals surface area contributed by atoms with E-state index in [2.05, 4.69) is 5.32 Å². The molecule has 4 aliphatic rings. The fourth-order valence-electron chi connectivity index (χ4n) is 7.29. The Balaban J connectivity index is 1.40. The average Bonchev–Trinajstić information content (AvgIpc) is 3.70. The predicted molar refractivity (Wildman–Crippen MR) is 156 cm³/mol. The molecule has 1 fully saturated rings. The maximum atomic E-state index is 14.8. The minimum Gasteiger partial charge on any atom is -0.454 e. The number of carbonyl (C=O) groups is 3. The van der Waals surface area contributed by atoms with E-state index in [1.807, 2.05) is 84.8 Å². The van der Waals surface area contributed by atoms with Gasteiger partial charge in [0, 0.05) is 23.0 Å². The molecule has 4 atom stereocenters. The molecule has 0 radical (unpaired) electrons. The molecule has 8 rings (SSSR count). The van der Waals surface area contributed by atoms with Crippen molar-refractivity contribution >= 4 is 29.2 Å². The molecule has 4 aromatic rings. The Kier molecular flexibility index (Phi) is 5.22. The zero-order valence-electron chi connectivity index (χ0n) is 22.7. The van der Waals surface area contributed by atoms with Gasteiger partial charge in [-0.3, -0.25) is 14.4 Å². The van der Waals surface area contributed by atoms with Gasteiger partial charge in [0.05, 0.1) is 12.0 Å². The van der Waals surface area contributed by atoms with Crippen LogP contribution in [0.3, 0.4) is 0 Å². The first-order chi connectivity index (χ1) is 20.5. The molecule has 206 valence electrons. The highest BCUT2D eigenvalue weighted by Gasteiger charge is 2.70. The van der Waals surface area contributed by atoms with Crippen LogP contribution in [-0.4, -0.2) is 35.2 Å². The number of ketones is 2. The lowest BCUT2D eigenvalue weighted by Gasteiger charge is -2.38. The molecule has 0 unspecified atom stereocenters. The molecule has 0 saturated carbocycles. The number of amides is 1. The van der Waals surface area contributed by atoms with Gasteiger partial charge in [-0.25, -0.2) is 0 Å². The number of para-hydroxylation sites is 1. The first-order valence-electron chi connectivity index (χ1n) is 14.0. The van der Waals surface area contributed by atoms with E-state index in [-0.39, 0.29) is 24.3 Å². The summed E-state index contributed by atoms with van der Waals surface area (Å²) in [6.45, 7) is 2.04. The Morgan fingerprint density at radius 1 is 0.857 bits per heavy atom. The quantitative estimate of drug-likeness (QED) is 0.326. The number of hydrogen-bond acceptors (Lipinski definition) is 6. The normalized spacial score (nSPS) is 24.3. The topological polar surface area (TPSA) is 84.9 Å². The van der Waals surface area contributed by atoms with Crippen molar-refractivity contribution in [3.8, 4) is 11.5 Å². The van der Waals surface area contributed by atoms with Gasteiger partial charge < -0.3 is 19.7 Å². The monoisotopic (exact) mass is 554 g/mol. The largest absolute Gasteiger partial charge is 0.454 e. The van der Waals surface area contributed by atoms with Gasteiger partial charge in [0.25, 0.3) is 0 Å². The highest BCUT2D eigenvalue weighted by Crippen LogP contribution is 2.62. The molecule has 7 nitrogen and oxygen atoms in total. The van der Waals surface area contributed by atoms with E-state index in [0.717, 1.165) is 22.3 Å². The van der Waals surface area contributed by atoms with Gasteiger partial charge in [-0.2, -0.15) is 0 Å². The maximum Gasteiger partial charge on any atom is 0.238 e. The molecule has 4 heterocycles. The number of ether oxygens (including phenoxy) is 2. The van der Waals surface area contributed by atoms with E-state index in [0.29, 0.717) is 28.3 Å². The van der Waals surface area contributed by atoms with Crippen LogP contribution in [0.1, 0.15) is 49.0 Å². The zero-order valence-corrected chi connectivity index (χ0v) is 22.7. The van der Waals surface area contributed by atoms with Crippen LogP contribution in [0.4, 0.5) is 5.69 Å². The van der Waals surface area contributed by atoms with E-state index < -0.39 is 23.4 Å². The van der Waals surface area contributed by atoms with Crippen molar-refractivity contribution in [3.05, 3.63) is 131 Å². The van der Waals surface area contributed by atoms with E-state index in [1.54, 1.807) is 30.3 Å². The zero-order chi connectivity index (χ0) is 28.6. The number of nitrogens with one attached hydrogen (secondary N) is 1. The summed E-state index contributed by atoms with van der Waals surface area (Å²) in [5.41, 5.74) is 3.73. The first kappa shape index (κ1) is 24.6. The Morgan fingerprint density at radius 3 is 2.45 bits per heavy atom. The number of aryl methyl sites for hydroxylation is 1. The van der Waals surface area contributed by atoms with Gasteiger partial charge in [0.2, 0.25) is 12.7 Å². The second-order valence-electron chi connectivity index (χ2n) is 11.2. The SMILES string of the molecule is Cc1ccc(C(=O)[C@@H]2[C@H](C(=O)c3ccc4c(c3)OCO4)N3C=Cc4ccccc4[C@H]3[C@]23C(=O)Nc2ccccc23)cc1. The van der Waals surface area contributed by atoms with Gasteiger partial charge >= 0.3 is 0 Å². The molecule has 1 spiro atoms. The standard InChI is InChI=1S/C35H26N2O5/c1-20-10-12-22(13-11-20)31(38)29-30(32(39)23-14-15-27-28(18-23)42-19-41-27)37-17-16-21-6-2-3-7-24(21)33(37)35(29)25-8-4-5-9-26(25)36-34(35)40/h2-18,29-30,33H,19H2,1H3,(H,36,40)/t29-,30+,33-,35+/m0/s1. The third-order valence-electron chi connectivity index (χ3n) is 9.11. The molecule has 1 N–H and O–H groups in total. The third kappa shape index (κ3) is 3.25.